The number of benzene rings is 1. The summed E-state index contributed by atoms with van der Waals surface area (Å²) >= 11 is 0. The molecule has 0 radical (unpaired) electrons. The van der Waals surface area contributed by atoms with E-state index < -0.39 is 10.0 Å². The Balaban J connectivity index is 1.56. The van der Waals surface area contributed by atoms with Crippen molar-refractivity contribution >= 4 is 10.0 Å². The van der Waals surface area contributed by atoms with Crippen molar-refractivity contribution in [1.82, 2.24) is 4.72 Å². The lowest BCUT2D eigenvalue weighted by Crippen LogP contribution is -2.53. The molecule has 3 atom stereocenters. The minimum atomic E-state index is -3.42. The second-order valence-electron chi connectivity index (χ2n) is 6.99. The molecule has 0 spiro atoms. The predicted octanol–water partition coefficient (Wildman–Crippen LogP) is 2.56. The summed E-state index contributed by atoms with van der Waals surface area (Å²) in [5, 5.41) is 0. The quantitative estimate of drug-likeness (QED) is 0.848. The van der Waals surface area contributed by atoms with Gasteiger partial charge in [-0.2, -0.15) is 0 Å². The Bertz CT molecular complexity index is 619. The predicted molar refractivity (Wildman–Crippen MR) is 83.8 cm³/mol. The number of hydrogen-bond donors (Lipinski definition) is 1. The zero-order valence-corrected chi connectivity index (χ0v) is 13.5. The molecule has 2 unspecified atom stereocenters. The average Bonchev–Trinajstić information content (AvgIpc) is 3.35. The Hall–Kier alpha value is -0.910. The van der Waals surface area contributed by atoms with Gasteiger partial charge in [0.05, 0.1) is 17.6 Å². The smallest absolute Gasteiger partial charge is 0.240 e. The zero-order chi connectivity index (χ0) is 15.2. The summed E-state index contributed by atoms with van der Waals surface area (Å²) in [6.07, 6.45) is 6.22. The summed E-state index contributed by atoms with van der Waals surface area (Å²) in [6.45, 7) is 0.853. The van der Waals surface area contributed by atoms with Crippen LogP contribution in [0.3, 0.4) is 0 Å². The highest BCUT2D eigenvalue weighted by Crippen LogP contribution is 2.48. The second kappa shape index (κ2) is 5.62. The van der Waals surface area contributed by atoms with E-state index in [4.69, 9.17) is 4.74 Å². The maximum Gasteiger partial charge on any atom is 0.240 e. The molecule has 5 rings (SSSR count). The van der Waals surface area contributed by atoms with Gasteiger partial charge in [-0.1, -0.05) is 18.2 Å². The molecule has 3 saturated carbocycles. The first-order chi connectivity index (χ1) is 10.6. The van der Waals surface area contributed by atoms with Crippen molar-refractivity contribution in [2.24, 2.45) is 17.8 Å². The van der Waals surface area contributed by atoms with E-state index in [9.17, 15) is 8.42 Å². The Morgan fingerprint density at radius 1 is 1.05 bits per heavy atom. The average molecular weight is 321 g/mol. The fourth-order valence-corrected chi connectivity index (χ4v) is 5.83. The lowest BCUT2D eigenvalue weighted by Gasteiger charge is -2.48. The van der Waals surface area contributed by atoms with E-state index in [-0.39, 0.29) is 6.04 Å². The van der Waals surface area contributed by atoms with Gasteiger partial charge in [-0.15, -0.1) is 0 Å². The molecule has 1 aromatic rings. The van der Waals surface area contributed by atoms with Crippen LogP contribution in [0.5, 0.6) is 0 Å². The topological polar surface area (TPSA) is 58.7 Å². The molecule has 1 N–H and O–H groups in total. The zero-order valence-electron chi connectivity index (χ0n) is 12.6. The van der Waals surface area contributed by atoms with Gasteiger partial charge >= 0.3 is 0 Å². The van der Waals surface area contributed by atoms with Crippen LogP contribution in [0.2, 0.25) is 0 Å². The van der Waals surface area contributed by atoms with Gasteiger partial charge in [0, 0.05) is 6.04 Å². The standard InChI is InChI=1S/C17H23NO3S/c19-22(20,15-4-2-1-3-5-15)18-17-13-8-6-12(7-9-13)16(17)10-14-11-21-14/h1-5,12-14,16-18H,6-11H2/t12?,13?,14?,16?,17-/m0/s1. The molecule has 2 bridgehead atoms. The normalized spacial score (nSPS) is 37.2. The molecule has 22 heavy (non-hydrogen) atoms. The monoisotopic (exact) mass is 321 g/mol. The highest BCUT2D eigenvalue weighted by molar-refractivity contribution is 7.89. The molecule has 4 aliphatic rings. The van der Waals surface area contributed by atoms with Crippen molar-refractivity contribution in [2.45, 2.75) is 49.1 Å². The molecule has 1 aliphatic heterocycles. The minimum Gasteiger partial charge on any atom is -0.373 e. The summed E-state index contributed by atoms with van der Waals surface area (Å²) in [4.78, 5) is 0.373. The van der Waals surface area contributed by atoms with Gasteiger partial charge in [0.15, 0.2) is 0 Å². The van der Waals surface area contributed by atoms with Crippen molar-refractivity contribution in [3.8, 4) is 0 Å². The maximum absolute atomic E-state index is 12.7. The van der Waals surface area contributed by atoms with Gasteiger partial charge in [-0.3, -0.25) is 0 Å². The molecule has 120 valence electrons. The second-order valence-corrected chi connectivity index (χ2v) is 8.70. The SMILES string of the molecule is O=S(=O)(N[C@H]1C2CCC(CC2)C1CC1CO1)c1ccccc1. The Morgan fingerprint density at radius 2 is 1.68 bits per heavy atom. The first-order valence-corrected chi connectivity index (χ1v) is 9.81. The molecule has 3 aliphatic carbocycles. The van der Waals surface area contributed by atoms with Gasteiger partial charge in [0.2, 0.25) is 10.0 Å². The van der Waals surface area contributed by atoms with E-state index in [0.717, 1.165) is 25.9 Å². The largest absolute Gasteiger partial charge is 0.373 e. The third-order valence-corrected chi connectivity index (χ3v) is 7.15. The van der Waals surface area contributed by atoms with Crippen LogP contribution in [0.1, 0.15) is 32.1 Å². The lowest BCUT2D eigenvalue weighted by atomic mass is 9.61. The minimum absolute atomic E-state index is 0.0851. The fourth-order valence-electron chi connectivity index (χ4n) is 4.45. The van der Waals surface area contributed by atoms with Crippen molar-refractivity contribution < 1.29 is 13.2 Å². The molecule has 1 aromatic carbocycles. The van der Waals surface area contributed by atoms with Crippen molar-refractivity contribution in [1.29, 1.82) is 0 Å². The molecule has 0 aromatic heterocycles. The van der Waals surface area contributed by atoms with Gasteiger partial charge < -0.3 is 4.74 Å². The number of sulfonamides is 1. The number of nitrogens with one attached hydrogen (secondary N) is 1. The molecular formula is C17H23NO3S. The van der Waals surface area contributed by atoms with Gasteiger partial charge in [-0.25, -0.2) is 13.1 Å². The summed E-state index contributed by atoms with van der Waals surface area (Å²) in [7, 11) is -3.42. The third kappa shape index (κ3) is 2.82. The van der Waals surface area contributed by atoms with Crippen LogP contribution in [0.4, 0.5) is 0 Å². The highest BCUT2D eigenvalue weighted by Gasteiger charge is 2.47. The van der Waals surface area contributed by atoms with E-state index in [1.54, 1.807) is 24.3 Å². The molecule has 4 nitrogen and oxygen atoms in total. The van der Waals surface area contributed by atoms with E-state index >= 15 is 0 Å². The van der Waals surface area contributed by atoms with Crippen LogP contribution < -0.4 is 4.72 Å². The molecule has 4 fully saturated rings. The molecule has 5 heteroatoms. The summed E-state index contributed by atoms with van der Waals surface area (Å²) in [6, 6.07) is 8.82. The van der Waals surface area contributed by atoms with Crippen molar-refractivity contribution in [2.75, 3.05) is 6.61 Å². The van der Waals surface area contributed by atoms with Crippen LogP contribution >= 0.6 is 0 Å². The summed E-state index contributed by atoms with van der Waals surface area (Å²) < 4.78 is 33.8. The first-order valence-electron chi connectivity index (χ1n) is 8.32. The molecular weight excluding hydrogens is 298 g/mol. The van der Waals surface area contributed by atoms with E-state index in [1.165, 1.54) is 12.8 Å². The highest BCUT2D eigenvalue weighted by atomic mass is 32.2. The van der Waals surface area contributed by atoms with E-state index in [0.29, 0.717) is 28.8 Å². The van der Waals surface area contributed by atoms with Gasteiger partial charge in [0.1, 0.15) is 0 Å². The van der Waals surface area contributed by atoms with Crippen LogP contribution in [-0.4, -0.2) is 27.2 Å². The fraction of sp³-hybridized carbons (Fsp3) is 0.647. The van der Waals surface area contributed by atoms with E-state index in [1.807, 2.05) is 6.07 Å². The Morgan fingerprint density at radius 3 is 2.32 bits per heavy atom. The first kappa shape index (κ1) is 14.7. The van der Waals surface area contributed by atoms with Crippen LogP contribution in [-0.2, 0) is 14.8 Å². The van der Waals surface area contributed by atoms with Crippen molar-refractivity contribution in [3.05, 3.63) is 30.3 Å². The van der Waals surface area contributed by atoms with Crippen LogP contribution in [0.25, 0.3) is 0 Å². The van der Waals surface area contributed by atoms with Crippen molar-refractivity contribution in [3.63, 3.8) is 0 Å². The van der Waals surface area contributed by atoms with E-state index in [2.05, 4.69) is 4.72 Å². The molecule has 1 saturated heterocycles. The number of epoxide rings is 1. The maximum atomic E-state index is 12.7. The van der Waals surface area contributed by atoms with Crippen LogP contribution in [0, 0.1) is 17.8 Å². The van der Waals surface area contributed by atoms with Crippen LogP contribution in [0.15, 0.2) is 35.2 Å². The molecule has 0 amide bonds. The third-order valence-electron chi connectivity index (χ3n) is 5.67. The van der Waals surface area contributed by atoms with Gasteiger partial charge in [-0.05, 0) is 62.0 Å². The Labute approximate surface area is 132 Å². The summed E-state index contributed by atoms with van der Waals surface area (Å²) in [5.74, 6) is 1.60. The lowest BCUT2D eigenvalue weighted by molar-refractivity contribution is 0.0524. The number of fused-ring (bicyclic) bond motifs is 3. The summed E-state index contributed by atoms with van der Waals surface area (Å²) in [5.41, 5.74) is 0. The number of ether oxygens (including phenoxy) is 1. The number of rotatable bonds is 5. The molecule has 1 heterocycles. The number of hydrogen-bond acceptors (Lipinski definition) is 3. The Kier molecular flexibility index (Phi) is 3.75. The van der Waals surface area contributed by atoms with Gasteiger partial charge in [0.25, 0.3) is 0 Å².